The zero-order chi connectivity index (χ0) is 29.5. The molecule has 2 amide bonds. The maximum atomic E-state index is 13.6. The molecule has 0 saturated carbocycles. The smallest absolute Gasteiger partial charge is 0.408 e. The molecule has 8 nitrogen and oxygen atoms in total. The number of rotatable bonds is 11. The molecule has 0 bridgehead atoms. The van der Waals surface area contributed by atoms with Crippen molar-refractivity contribution in [2.45, 2.75) is 50.6 Å². The number of nitrogens with zero attached hydrogens (tertiary/aromatic N) is 1. The molecule has 220 valence electrons. The second kappa shape index (κ2) is 13.2. The number of nitrogens with one attached hydrogen (secondary N) is 2. The number of carbonyl (C=O) groups is 3. The SMILES string of the molecule is CCCC(CNC(=O)C1(NC(=O)OCC2c3ccccc3-c3ccccc32)CCN(Cc2ccccc2)CC1)C(=O)O. The van der Waals surface area contributed by atoms with Crippen molar-refractivity contribution in [3.8, 4) is 11.1 Å². The molecule has 0 radical (unpaired) electrons. The van der Waals surface area contributed by atoms with Gasteiger partial charge in [-0.05, 0) is 47.1 Å². The van der Waals surface area contributed by atoms with E-state index in [9.17, 15) is 19.5 Å². The minimum atomic E-state index is -1.19. The van der Waals surface area contributed by atoms with Gasteiger partial charge >= 0.3 is 12.1 Å². The lowest BCUT2D eigenvalue weighted by Gasteiger charge is -2.41. The summed E-state index contributed by atoms with van der Waals surface area (Å²) in [6, 6.07) is 26.4. The molecule has 1 fully saturated rings. The van der Waals surface area contributed by atoms with Crippen molar-refractivity contribution in [1.82, 2.24) is 15.5 Å². The van der Waals surface area contributed by atoms with Gasteiger partial charge in [-0.3, -0.25) is 14.5 Å². The van der Waals surface area contributed by atoms with Gasteiger partial charge in [0.1, 0.15) is 12.1 Å². The van der Waals surface area contributed by atoms with Gasteiger partial charge in [-0.1, -0.05) is 92.2 Å². The second-order valence-corrected chi connectivity index (χ2v) is 11.3. The predicted molar refractivity (Wildman–Crippen MR) is 161 cm³/mol. The first kappa shape index (κ1) is 29.3. The van der Waals surface area contributed by atoms with Crippen LogP contribution < -0.4 is 10.6 Å². The summed E-state index contributed by atoms with van der Waals surface area (Å²) in [4.78, 5) is 40.9. The average molecular weight is 570 g/mol. The second-order valence-electron chi connectivity index (χ2n) is 11.3. The highest BCUT2D eigenvalue weighted by Gasteiger charge is 2.43. The number of hydrogen-bond acceptors (Lipinski definition) is 5. The Balaban J connectivity index is 1.27. The number of aliphatic carboxylic acids is 1. The molecular formula is C34H39N3O5. The van der Waals surface area contributed by atoms with Crippen LogP contribution in [0.2, 0.25) is 0 Å². The molecule has 0 spiro atoms. The third-order valence-electron chi connectivity index (χ3n) is 8.57. The largest absolute Gasteiger partial charge is 0.481 e. The van der Waals surface area contributed by atoms with Gasteiger partial charge in [0, 0.05) is 32.1 Å². The Labute approximate surface area is 247 Å². The van der Waals surface area contributed by atoms with Gasteiger partial charge in [0.05, 0.1) is 5.92 Å². The quantitative estimate of drug-likeness (QED) is 0.294. The standard InChI is InChI=1S/C34H39N3O5/c1-2-10-25(31(38)39)21-35-32(40)34(17-19-37(20-18-34)22-24-11-4-3-5-12-24)36-33(41)42-23-30-28-15-8-6-13-26(28)27-14-7-9-16-29(27)30/h3-9,11-16,25,30H,2,10,17-23H2,1H3,(H,35,40)(H,36,41)(H,38,39). The topological polar surface area (TPSA) is 108 Å². The van der Waals surface area contributed by atoms with Crippen molar-refractivity contribution in [2.24, 2.45) is 5.92 Å². The lowest BCUT2D eigenvalue weighted by atomic mass is 9.86. The number of carbonyl (C=O) groups excluding carboxylic acids is 2. The van der Waals surface area contributed by atoms with Crippen molar-refractivity contribution < 1.29 is 24.2 Å². The summed E-state index contributed by atoms with van der Waals surface area (Å²) in [7, 11) is 0. The average Bonchev–Trinajstić information content (AvgIpc) is 3.33. The van der Waals surface area contributed by atoms with Crippen LogP contribution in [-0.2, 0) is 20.9 Å². The highest BCUT2D eigenvalue weighted by Crippen LogP contribution is 2.44. The number of alkyl carbamates (subject to hydrolysis) is 1. The number of amides is 2. The Hall–Kier alpha value is -4.17. The van der Waals surface area contributed by atoms with E-state index in [4.69, 9.17) is 4.74 Å². The van der Waals surface area contributed by atoms with Gasteiger partial charge < -0.3 is 20.5 Å². The summed E-state index contributed by atoms with van der Waals surface area (Å²) >= 11 is 0. The number of likely N-dealkylation sites (tertiary alicyclic amines) is 1. The molecule has 1 aliphatic heterocycles. The summed E-state index contributed by atoms with van der Waals surface area (Å²) in [5, 5.41) is 15.3. The van der Waals surface area contributed by atoms with Gasteiger partial charge in [-0.15, -0.1) is 0 Å². The third-order valence-corrected chi connectivity index (χ3v) is 8.57. The Bertz CT molecular complexity index is 1360. The molecule has 3 aromatic rings. The fraction of sp³-hybridized carbons (Fsp3) is 0.382. The minimum absolute atomic E-state index is 0.0177. The van der Waals surface area contributed by atoms with Gasteiger partial charge in [0.2, 0.25) is 5.91 Å². The zero-order valence-electron chi connectivity index (χ0n) is 24.1. The number of ether oxygens (including phenoxy) is 1. The van der Waals surface area contributed by atoms with E-state index in [-0.39, 0.29) is 25.0 Å². The van der Waals surface area contributed by atoms with E-state index in [1.165, 1.54) is 5.56 Å². The van der Waals surface area contributed by atoms with E-state index in [1.807, 2.05) is 49.4 Å². The van der Waals surface area contributed by atoms with E-state index >= 15 is 0 Å². The summed E-state index contributed by atoms with van der Waals surface area (Å²) < 4.78 is 5.80. The molecule has 1 saturated heterocycles. The van der Waals surface area contributed by atoms with E-state index in [1.54, 1.807) is 0 Å². The van der Waals surface area contributed by atoms with E-state index in [2.05, 4.69) is 51.9 Å². The van der Waals surface area contributed by atoms with Crippen LogP contribution in [0, 0.1) is 5.92 Å². The van der Waals surface area contributed by atoms with Crippen molar-refractivity contribution in [3.05, 3.63) is 95.6 Å². The van der Waals surface area contributed by atoms with Crippen LogP contribution in [0.1, 0.15) is 55.2 Å². The summed E-state index contributed by atoms with van der Waals surface area (Å²) in [5.74, 6) is -2.07. The summed E-state index contributed by atoms with van der Waals surface area (Å²) in [6.45, 7) is 4.03. The fourth-order valence-electron chi connectivity index (χ4n) is 6.22. The number of carboxylic acid groups (broad SMARTS) is 1. The highest BCUT2D eigenvalue weighted by molar-refractivity contribution is 5.90. The van der Waals surface area contributed by atoms with Crippen LogP contribution in [0.4, 0.5) is 4.79 Å². The van der Waals surface area contributed by atoms with Gasteiger partial charge in [0.25, 0.3) is 0 Å². The summed E-state index contributed by atoms with van der Waals surface area (Å²) in [5.41, 5.74) is 4.51. The van der Waals surface area contributed by atoms with Crippen LogP contribution in [-0.4, -0.2) is 59.8 Å². The number of fused-ring (bicyclic) bond motifs is 3. The van der Waals surface area contributed by atoms with Crippen LogP contribution in [0.25, 0.3) is 11.1 Å². The maximum Gasteiger partial charge on any atom is 0.408 e. The van der Waals surface area contributed by atoms with Crippen LogP contribution in [0.15, 0.2) is 78.9 Å². The predicted octanol–water partition coefficient (Wildman–Crippen LogP) is 5.18. The van der Waals surface area contributed by atoms with Crippen molar-refractivity contribution >= 4 is 18.0 Å². The third kappa shape index (κ3) is 6.49. The number of carboxylic acids is 1. The Morgan fingerprint density at radius 1 is 0.929 bits per heavy atom. The van der Waals surface area contributed by atoms with E-state index in [0.717, 1.165) is 28.8 Å². The monoisotopic (exact) mass is 569 g/mol. The van der Waals surface area contributed by atoms with Gasteiger partial charge in [0.15, 0.2) is 0 Å². The number of hydrogen-bond donors (Lipinski definition) is 3. The Morgan fingerprint density at radius 2 is 1.52 bits per heavy atom. The summed E-state index contributed by atoms with van der Waals surface area (Å²) in [6.07, 6.45) is 1.30. The lowest BCUT2D eigenvalue weighted by Crippen LogP contribution is -2.63. The lowest BCUT2D eigenvalue weighted by molar-refractivity contribution is -0.142. The molecule has 5 rings (SSSR count). The van der Waals surface area contributed by atoms with Crippen LogP contribution in [0.3, 0.4) is 0 Å². The highest BCUT2D eigenvalue weighted by atomic mass is 16.5. The maximum absolute atomic E-state index is 13.6. The molecule has 1 aliphatic carbocycles. The normalized spacial score (nSPS) is 16.6. The van der Waals surface area contributed by atoms with E-state index in [0.29, 0.717) is 38.8 Å². The van der Waals surface area contributed by atoms with Gasteiger partial charge in [-0.25, -0.2) is 4.79 Å². The Kier molecular flexibility index (Phi) is 9.22. The molecule has 3 N–H and O–H groups in total. The molecular weight excluding hydrogens is 530 g/mol. The first-order valence-corrected chi connectivity index (χ1v) is 14.8. The van der Waals surface area contributed by atoms with Crippen LogP contribution >= 0.6 is 0 Å². The number of benzene rings is 3. The fourth-order valence-corrected chi connectivity index (χ4v) is 6.22. The van der Waals surface area contributed by atoms with Gasteiger partial charge in [-0.2, -0.15) is 0 Å². The molecule has 2 aliphatic rings. The molecule has 1 unspecified atom stereocenters. The van der Waals surface area contributed by atoms with Crippen molar-refractivity contribution in [1.29, 1.82) is 0 Å². The van der Waals surface area contributed by atoms with E-state index < -0.39 is 23.5 Å². The molecule has 0 aromatic heterocycles. The number of piperidine rings is 1. The first-order chi connectivity index (χ1) is 20.4. The van der Waals surface area contributed by atoms with Crippen molar-refractivity contribution in [2.75, 3.05) is 26.2 Å². The Morgan fingerprint density at radius 3 is 2.12 bits per heavy atom. The van der Waals surface area contributed by atoms with Crippen LogP contribution in [0.5, 0.6) is 0 Å². The van der Waals surface area contributed by atoms with Crippen molar-refractivity contribution in [3.63, 3.8) is 0 Å². The zero-order valence-corrected chi connectivity index (χ0v) is 24.1. The minimum Gasteiger partial charge on any atom is -0.481 e. The molecule has 8 heteroatoms. The first-order valence-electron chi connectivity index (χ1n) is 14.8. The molecule has 42 heavy (non-hydrogen) atoms. The molecule has 1 heterocycles. The molecule has 3 aromatic carbocycles. The molecule has 1 atom stereocenters.